The topological polar surface area (TPSA) is 55.9 Å². The van der Waals surface area contributed by atoms with Gasteiger partial charge >= 0.3 is 0 Å². The molecule has 0 amide bonds. The lowest BCUT2D eigenvalue weighted by atomic mass is 10.4. The summed E-state index contributed by atoms with van der Waals surface area (Å²) in [5, 5.41) is 7.64. The quantitative estimate of drug-likeness (QED) is 0.731. The zero-order chi connectivity index (χ0) is 10.6. The maximum absolute atomic E-state index is 5.91. The Bertz CT molecular complexity index is 295. The molecule has 0 spiro atoms. The molecule has 4 nitrogen and oxygen atoms in total. The van der Waals surface area contributed by atoms with Gasteiger partial charge in [-0.25, -0.2) is 4.68 Å². The smallest absolute Gasteiger partial charge is 0.148 e. The van der Waals surface area contributed by atoms with Crippen molar-refractivity contribution in [1.82, 2.24) is 9.78 Å². The number of anilines is 2. The first-order chi connectivity index (χ1) is 6.70. The van der Waals surface area contributed by atoms with Gasteiger partial charge in [0.25, 0.3) is 0 Å². The second-order valence-electron chi connectivity index (χ2n) is 3.08. The van der Waals surface area contributed by atoms with Crippen LogP contribution in [-0.2, 0) is 6.54 Å². The number of aromatic nitrogens is 2. The maximum atomic E-state index is 5.91. The van der Waals surface area contributed by atoms with Crippen LogP contribution in [0.4, 0.5) is 11.5 Å². The first-order valence-corrected chi connectivity index (χ1v) is 6.15. The highest BCUT2D eigenvalue weighted by atomic mass is 32.2. The fourth-order valence-corrected chi connectivity index (χ4v) is 1.59. The van der Waals surface area contributed by atoms with E-state index in [1.54, 1.807) is 0 Å². The van der Waals surface area contributed by atoms with Crippen molar-refractivity contribution >= 4 is 23.3 Å². The van der Waals surface area contributed by atoms with Crippen LogP contribution in [0.1, 0.15) is 12.6 Å². The van der Waals surface area contributed by atoms with Gasteiger partial charge in [-0.3, -0.25) is 0 Å². The van der Waals surface area contributed by atoms with Crippen LogP contribution in [-0.4, -0.2) is 28.3 Å². The normalized spacial score (nSPS) is 10.5. The third kappa shape index (κ3) is 2.35. The Hall–Kier alpha value is -0.840. The minimum absolute atomic E-state index is 0.771. The molecule has 0 fully saturated rings. The second kappa shape index (κ2) is 5.14. The molecule has 5 heteroatoms. The molecule has 1 heterocycles. The average Bonchev–Trinajstić information content (AvgIpc) is 2.45. The fourth-order valence-electron chi connectivity index (χ4n) is 1.28. The summed E-state index contributed by atoms with van der Waals surface area (Å²) in [6.45, 7) is 5.77. The summed E-state index contributed by atoms with van der Waals surface area (Å²) in [5.41, 5.74) is 7.58. The zero-order valence-corrected chi connectivity index (χ0v) is 9.82. The highest BCUT2D eigenvalue weighted by Gasteiger charge is 2.09. The zero-order valence-electron chi connectivity index (χ0n) is 9.00. The third-order valence-electron chi connectivity index (χ3n) is 2.07. The van der Waals surface area contributed by atoms with Crippen molar-refractivity contribution in [1.29, 1.82) is 0 Å². The largest absolute Gasteiger partial charge is 0.394 e. The Morgan fingerprint density at radius 2 is 2.29 bits per heavy atom. The van der Waals surface area contributed by atoms with Crippen molar-refractivity contribution in [2.75, 3.05) is 29.6 Å². The van der Waals surface area contributed by atoms with Gasteiger partial charge in [0, 0.05) is 18.8 Å². The van der Waals surface area contributed by atoms with Gasteiger partial charge in [-0.15, -0.1) is 0 Å². The Labute approximate surface area is 89.2 Å². The van der Waals surface area contributed by atoms with E-state index in [4.69, 9.17) is 5.73 Å². The lowest BCUT2D eigenvalue weighted by Crippen LogP contribution is -2.10. The van der Waals surface area contributed by atoms with Gasteiger partial charge < -0.3 is 11.1 Å². The average molecular weight is 214 g/mol. The molecule has 0 aliphatic heterocycles. The number of nitrogens with one attached hydrogen (secondary N) is 1. The van der Waals surface area contributed by atoms with Crippen LogP contribution in [0.15, 0.2) is 0 Å². The summed E-state index contributed by atoms with van der Waals surface area (Å²) in [6.07, 6.45) is 2.09. The first-order valence-electron chi connectivity index (χ1n) is 4.76. The number of hydrogen-bond acceptors (Lipinski definition) is 4. The van der Waals surface area contributed by atoms with Crippen LogP contribution >= 0.6 is 11.8 Å². The van der Waals surface area contributed by atoms with Crippen LogP contribution in [0.2, 0.25) is 0 Å². The van der Waals surface area contributed by atoms with Gasteiger partial charge in [-0.05, 0) is 20.1 Å². The molecule has 80 valence electrons. The van der Waals surface area contributed by atoms with E-state index in [1.165, 1.54) is 0 Å². The van der Waals surface area contributed by atoms with Gasteiger partial charge in [0.1, 0.15) is 5.82 Å². The van der Waals surface area contributed by atoms with Gasteiger partial charge in [0.2, 0.25) is 0 Å². The number of aryl methyl sites for hydroxylation is 2. The van der Waals surface area contributed by atoms with E-state index < -0.39 is 0 Å². The van der Waals surface area contributed by atoms with Crippen LogP contribution in [0.5, 0.6) is 0 Å². The van der Waals surface area contributed by atoms with Gasteiger partial charge in [0.05, 0.1) is 11.4 Å². The van der Waals surface area contributed by atoms with Crippen molar-refractivity contribution < 1.29 is 0 Å². The van der Waals surface area contributed by atoms with Gasteiger partial charge in [0.15, 0.2) is 0 Å². The summed E-state index contributed by atoms with van der Waals surface area (Å²) < 4.78 is 1.91. The molecule has 0 saturated carbocycles. The minimum Gasteiger partial charge on any atom is -0.394 e. The molecule has 1 rings (SSSR count). The molecule has 0 radical (unpaired) electrons. The predicted octanol–water partition coefficient (Wildman–Crippen LogP) is 1.57. The van der Waals surface area contributed by atoms with E-state index in [9.17, 15) is 0 Å². The number of thioether (sulfide) groups is 1. The van der Waals surface area contributed by atoms with E-state index in [2.05, 4.69) is 23.6 Å². The second-order valence-corrected chi connectivity index (χ2v) is 4.07. The van der Waals surface area contributed by atoms with Crippen LogP contribution in [0.3, 0.4) is 0 Å². The first kappa shape index (κ1) is 11.2. The lowest BCUT2D eigenvalue weighted by molar-refractivity contribution is 0.658. The number of nitrogen functional groups attached to an aromatic ring is 1. The molecule has 0 unspecified atom stereocenters. The summed E-state index contributed by atoms with van der Waals surface area (Å²) in [5.74, 6) is 2.03. The number of nitrogens with zero attached hydrogens (tertiary/aromatic N) is 2. The molecule has 0 aromatic carbocycles. The van der Waals surface area contributed by atoms with Crippen molar-refractivity contribution in [3.8, 4) is 0 Å². The maximum Gasteiger partial charge on any atom is 0.148 e. The molecule has 14 heavy (non-hydrogen) atoms. The SMILES string of the molecule is CCn1nc(C)c(N)c1NCCSC. The molecule has 1 aromatic rings. The highest BCUT2D eigenvalue weighted by molar-refractivity contribution is 7.98. The number of rotatable bonds is 5. The summed E-state index contributed by atoms with van der Waals surface area (Å²) in [4.78, 5) is 0. The Kier molecular flexibility index (Phi) is 4.13. The van der Waals surface area contributed by atoms with Crippen LogP contribution < -0.4 is 11.1 Å². The Balaban J connectivity index is 2.72. The van der Waals surface area contributed by atoms with E-state index in [1.807, 2.05) is 23.4 Å². The lowest BCUT2D eigenvalue weighted by Gasteiger charge is -2.07. The van der Waals surface area contributed by atoms with Crippen molar-refractivity contribution in [3.05, 3.63) is 5.69 Å². The van der Waals surface area contributed by atoms with E-state index in [0.29, 0.717) is 0 Å². The molecule has 1 aromatic heterocycles. The number of hydrogen-bond donors (Lipinski definition) is 2. The summed E-state index contributed by atoms with van der Waals surface area (Å²) in [6, 6.07) is 0. The monoisotopic (exact) mass is 214 g/mol. The van der Waals surface area contributed by atoms with Crippen LogP contribution in [0, 0.1) is 6.92 Å². The molecule has 0 saturated heterocycles. The van der Waals surface area contributed by atoms with Gasteiger partial charge in [-0.2, -0.15) is 16.9 Å². The van der Waals surface area contributed by atoms with Crippen molar-refractivity contribution in [2.24, 2.45) is 0 Å². The molecule has 0 atom stereocenters. The molecular formula is C9H18N4S. The fraction of sp³-hybridized carbons (Fsp3) is 0.667. The van der Waals surface area contributed by atoms with Crippen molar-refractivity contribution in [2.45, 2.75) is 20.4 Å². The van der Waals surface area contributed by atoms with E-state index >= 15 is 0 Å². The minimum atomic E-state index is 0.771. The predicted molar refractivity (Wildman–Crippen MR) is 63.9 cm³/mol. The molecule has 3 N–H and O–H groups in total. The van der Waals surface area contributed by atoms with E-state index in [-0.39, 0.29) is 0 Å². The van der Waals surface area contributed by atoms with Crippen LogP contribution in [0.25, 0.3) is 0 Å². The Morgan fingerprint density at radius 1 is 1.57 bits per heavy atom. The standard InChI is InChI=1S/C9H18N4S/c1-4-13-9(11-5-6-14-3)8(10)7(2)12-13/h11H,4-6,10H2,1-3H3. The van der Waals surface area contributed by atoms with Gasteiger partial charge in [-0.1, -0.05) is 0 Å². The van der Waals surface area contributed by atoms with E-state index in [0.717, 1.165) is 36.0 Å². The molecule has 0 bridgehead atoms. The Morgan fingerprint density at radius 3 is 2.86 bits per heavy atom. The van der Waals surface area contributed by atoms with Crippen molar-refractivity contribution in [3.63, 3.8) is 0 Å². The number of nitrogens with two attached hydrogens (primary N) is 1. The third-order valence-corrected chi connectivity index (χ3v) is 2.68. The molecular weight excluding hydrogens is 196 g/mol. The highest BCUT2D eigenvalue weighted by Crippen LogP contribution is 2.21. The molecule has 0 aliphatic carbocycles. The molecule has 0 aliphatic rings. The summed E-state index contributed by atoms with van der Waals surface area (Å²) in [7, 11) is 0. The summed E-state index contributed by atoms with van der Waals surface area (Å²) >= 11 is 1.81.